The van der Waals surface area contributed by atoms with E-state index in [2.05, 4.69) is 27.9 Å². The Morgan fingerprint density at radius 2 is 1.78 bits per heavy atom. The Bertz CT molecular complexity index is 685. The van der Waals surface area contributed by atoms with Gasteiger partial charge >= 0.3 is 5.97 Å². The number of benzene rings is 2. The van der Waals surface area contributed by atoms with Gasteiger partial charge in [0.1, 0.15) is 0 Å². The summed E-state index contributed by atoms with van der Waals surface area (Å²) in [6, 6.07) is 14.2. The van der Waals surface area contributed by atoms with E-state index < -0.39 is 5.97 Å². The number of esters is 1. The van der Waals surface area contributed by atoms with E-state index in [1.165, 1.54) is 0 Å². The molecule has 0 aliphatic carbocycles. The molecule has 1 amide bonds. The molecule has 0 unspecified atom stereocenters. The zero-order valence-electron chi connectivity index (χ0n) is 12.5. The summed E-state index contributed by atoms with van der Waals surface area (Å²) in [7, 11) is 1.61. The van der Waals surface area contributed by atoms with Crippen LogP contribution < -0.4 is 5.32 Å². The van der Waals surface area contributed by atoms with Crippen molar-refractivity contribution >= 4 is 40.2 Å². The van der Waals surface area contributed by atoms with Crippen molar-refractivity contribution < 1.29 is 19.1 Å². The minimum Gasteiger partial charge on any atom is -0.452 e. The number of ether oxygens (including phenoxy) is 2. The molecule has 0 bridgehead atoms. The number of nitrogens with one attached hydrogen (secondary N) is 1. The van der Waals surface area contributed by atoms with Crippen molar-refractivity contribution in [3.63, 3.8) is 0 Å². The maximum Gasteiger partial charge on any atom is 0.338 e. The van der Waals surface area contributed by atoms with E-state index in [1.54, 1.807) is 37.4 Å². The van der Waals surface area contributed by atoms with Gasteiger partial charge in [-0.1, -0.05) is 24.3 Å². The summed E-state index contributed by atoms with van der Waals surface area (Å²) < 4.78 is 10.9. The van der Waals surface area contributed by atoms with Crippen LogP contribution >= 0.6 is 22.6 Å². The van der Waals surface area contributed by atoms with Crippen molar-refractivity contribution in [1.82, 2.24) is 0 Å². The minimum atomic E-state index is -0.535. The Morgan fingerprint density at radius 3 is 2.43 bits per heavy atom. The molecule has 0 heterocycles. The number of methoxy groups -OCH3 is 1. The molecular weight excluding hydrogens is 409 g/mol. The molecule has 0 saturated carbocycles. The quantitative estimate of drug-likeness (QED) is 0.570. The van der Waals surface area contributed by atoms with E-state index in [-0.39, 0.29) is 12.5 Å². The summed E-state index contributed by atoms with van der Waals surface area (Å²) in [5, 5.41) is 2.70. The first-order valence-electron chi connectivity index (χ1n) is 6.89. The number of para-hydroxylation sites is 1. The van der Waals surface area contributed by atoms with Crippen molar-refractivity contribution in [2.24, 2.45) is 0 Å². The van der Waals surface area contributed by atoms with Crippen LogP contribution in [-0.4, -0.2) is 25.6 Å². The third kappa shape index (κ3) is 5.33. The average Bonchev–Trinajstić information content (AvgIpc) is 2.56. The molecule has 0 atom stereocenters. The van der Waals surface area contributed by atoms with Crippen molar-refractivity contribution in [1.29, 1.82) is 0 Å². The zero-order chi connectivity index (χ0) is 16.7. The monoisotopic (exact) mass is 425 g/mol. The fourth-order valence-electron chi connectivity index (χ4n) is 1.87. The predicted molar refractivity (Wildman–Crippen MR) is 95.2 cm³/mol. The molecule has 1 N–H and O–H groups in total. The molecule has 0 aliphatic rings. The van der Waals surface area contributed by atoms with Crippen LogP contribution in [0, 0.1) is 3.57 Å². The lowest BCUT2D eigenvalue weighted by atomic mass is 10.1. The highest BCUT2D eigenvalue weighted by molar-refractivity contribution is 14.1. The molecule has 0 aliphatic heterocycles. The van der Waals surface area contributed by atoms with Gasteiger partial charge in [-0.25, -0.2) is 4.79 Å². The van der Waals surface area contributed by atoms with Gasteiger partial charge in [-0.15, -0.1) is 0 Å². The summed E-state index contributed by atoms with van der Waals surface area (Å²) in [5.74, 6) is -0.912. The van der Waals surface area contributed by atoms with Gasteiger partial charge in [-0.2, -0.15) is 0 Å². The Hall–Kier alpha value is -1.93. The largest absolute Gasteiger partial charge is 0.452 e. The van der Waals surface area contributed by atoms with Gasteiger partial charge in [0.05, 0.1) is 17.9 Å². The summed E-state index contributed by atoms with van der Waals surface area (Å²) in [6.45, 7) is 0.150. The standard InChI is InChI=1S/C17H16INO4/c1-22-10-12-6-8-13(9-7-12)17(21)23-11-16(20)19-15-5-3-2-4-14(15)18/h2-9H,10-11H2,1H3,(H,19,20). The highest BCUT2D eigenvalue weighted by Gasteiger charge is 2.11. The Kier molecular flexibility index (Phi) is 6.54. The van der Waals surface area contributed by atoms with Crippen LogP contribution in [0.3, 0.4) is 0 Å². The number of anilines is 1. The normalized spacial score (nSPS) is 10.2. The first kappa shape index (κ1) is 17.4. The second-order valence-corrected chi connectivity index (χ2v) is 5.90. The molecule has 23 heavy (non-hydrogen) atoms. The van der Waals surface area contributed by atoms with Gasteiger partial charge in [-0.05, 0) is 52.4 Å². The molecule has 2 aromatic rings. The first-order chi connectivity index (χ1) is 11.1. The highest BCUT2D eigenvalue weighted by atomic mass is 127. The topological polar surface area (TPSA) is 64.6 Å². The van der Waals surface area contributed by atoms with Crippen LogP contribution in [0.5, 0.6) is 0 Å². The number of halogens is 1. The number of hydrogen-bond donors (Lipinski definition) is 1. The van der Waals surface area contributed by atoms with E-state index >= 15 is 0 Å². The lowest BCUT2D eigenvalue weighted by molar-refractivity contribution is -0.119. The number of hydrogen-bond acceptors (Lipinski definition) is 4. The number of carbonyl (C=O) groups excluding carboxylic acids is 2. The maximum atomic E-state index is 11.9. The number of carbonyl (C=O) groups is 2. The Balaban J connectivity index is 1.86. The fourth-order valence-corrected chi connectivity index (χ4v) is 2.39. The van der Waals surface area contributed by atoms with Crippen molar-refractivity contribution in [3.8, 4) is 0 Å². The molecule has 0 aromatic heterocycles. The third-order valence-corrected chi connectivity index (χ3v) is 3.92. The SMILES string of the molecule is COCc1ccc(C(=O)OCC(=O)Nc2ccccc2I)cc1. The summed E-state index contributed by atoms with van der Waals surface area (Å²) >= 11 is 2.12. The molecular formula is C17H16INO4. The average molecular weight is 425 g/mol. The van der Waals surface area contributed by atoms with Crippen molar-refractivity contribution in [3.05, 3.63) is 63.2 Å². The minimum absolute atomic E-state index is 0.330. The van der Waals surface area contributed by atoms with Gasteiger partial charge in [0.15, 0.2) is 6.61 Å². The van der Waals surface area contributed by atoms with E-state index in [0.29, 0.717) is 17.9 Å². The summed E-state index contributed by atoms with van der Waals surface area (Å²) in [4.78, 5) is 23.7. The number of amides is 1. The molecule has 0 saturated heterocycles. The molecule has 120 valence electrons. The first-order valence-corrected chi connectivity index (χ1v) is 7.97. The fraction of sp³-hybridized carbons (Fsp3) is 0.176. The van der Waals surface area contributed by atoms with E-state index in [0.717, 1.165) is 9.13 Å². The van der Waals surface area contributed by atoms with Gasteiger partial charge in [-0.3, -0.25) is 4.79 Å². The molecule has 6 heteroatoms. The summed E-state index contributed by atoms with van der Waals surface area (Å²) in [6.07, 6.45) is 0. The van der Waals surface area contributed by atoms with Crippen LogP contribution in [0.25, 0.3) is 0 Å². The maximum absolute atomic E-state index is 11.9. The molecule has 2 aromatic carbocycles. The smallest absolute Gasteiger partial charge is 0.338 e. The van der Waals surface area contributed by atoms with E-state index in [1.807, 2.05) is 18.2 Å². The molecule has 0 fully saturated rings. The van der Waals surface area contributed by atoms with Crippen LogP contribution in [-0.2, 0) is 20.9 Å². The molecule has 0 radical (unpaired) electrons. The Morgan fingerprint density at radius 1 is 1.09 bits per heavy atom. The molecule has 5 nitrogen and oxygen atoms in total. The lowest BCUT2D eigenvalue weighted by Gasteiger charge is -2.08. The van der Waals surface area contributed by atoms with Gasteiger partial charge < -0.3 is 14.8 Å². The molecule has 2 rings (SSSR count). The zero-order valence-corrected chi connectivity index (χ0v) is 14.7. The van der Waals surface area contributed by atoms with Crippen molar-refractivity contribution in [2.75, 3.05) is 19.0 Å². The predicted octanol–water partition coefficient (Wildman–Crippen LogP) is 3.23. The van der Waals surface area contributed by atoms with E-state index in [4.69, 9.17) is 9.47 Å². The van der Waals surface area contributed by atoms with E-state index in [9.17, 15) is 9.59 Å². The highest BCUT2D eigenvalue weighted by Crippen LogP contribution is 2.16. The van der Waals surface area contributed by atoms with Gasteiger partial charge in [0.2, 0.25) is 0 Å². The lowest BCUT2D eigenvalue weighted by Crippen LogP contribution is -2.21. The molecule has 0 spiro atoms. The summed E-state index contributed by atoms with van der Waals surface area (Å²) in [5.41, 5.74) is 2.05. The van der Waals surface area contributed by atoms with Crippen LogP contribution in [0.15, 0.2) is 48.5 Å². The van der Waals surface area contributed by atoms with Crippen LogP contribution in [0.4, 0.5) is 5.69 Å². The second kappa shape index (κ2) is 8.64. The number of rotatable bonds is 6. The van der Waals surface area contributed by atoms with Gasteiger partial charge in [0, 0.05) is 10.7 Å². The van der Waals surface area contributed by atoms with Crippen molar-refractivity contribution in [2.45, 2.75) is 6.61 Å². The second-order valence-electron chi connectivity index (χ2n) is 4.73. The third-order valence-electron chi connectivity index (χ3n) is 2.98. The van der Waals surface area contributed by atoms with Crippen LogP contribution in [0.1, 0.15) is 15.9 Å². The van der Waals surface area contributed by atoms with Crippen LogP contribution in [0.2, 0.25) is 0 Å². The van der Waals surface area contributed by atoms with Gasteiger partial charge in [0.25, 0.3) is 5.91 Å². The Labute approximate surface area is 148 Å².